The zero-order chi connectivity index (χ0) is 15.1. The summed E-state index contributed by atoms with van der Waals surface area (Å²) in [6.07, 6.45) is 14.3. The van der Waals surface area contributed by atoms with E-state index < -0.39 is 0 Å². The maximum absolute atomic E-state index is 11.6. The van der Waals surface area contributed by atoms with Crippen molar-refractivity contribution < 1.29 is 4.79 Å². The number of hydrogen-bond donors (Lipinski definition) is 1. The highest BCUT2D eigenvalue weighted by Crippen LogP contribution is 2.10. The van der Waals surface area contributed by atoms with Gasteiger partial charge in [-0.15, -0.1) is 11.6 Å². The van der Waals surface area contributed by atoms with E-state index in [1.54, 1.807) is 0 Å². The Hall–Kier alpha value is -0.240. The minimum Gasteiger partial charge on any atom is -0.355 e. The summed E-state index contributed by atoms with van der Waals surface area (Å²) >= 11 is 6.06. The van der Waals surface area contributed by atoms with Gasteiger partial charge < -0.3 is 5.32 Å². The molecule has 0 spiro atoms. The van der Waals surface area contributed by atoms with Crippen LogP contribution < -0.4 is 5.32 Å². The molecule has 20 heavy (non-hydrogen) atoms. The lowest BCUT2D eigenvalue weighted by atomic mass is 10.1. The van der Waals surface area contributed by atoms with E-state index in [1.807, 2.05) is 0 Å². The van der Waals surface area contributed by atoms with Crippen molar-refractivity contribution in [3.8, 4) is 0 Å². The molecule has 0 fully saturated rings. The number of hydrogen-bond acceptors (Lipinski definition) is 1. The van der Waals surface area contributed by atoms with Crippen molar-refractivity contribution in [1.29, 1.82) is 0 Å². The summed E-state index contributed by atoms with van der Waals surface area (Å²) in [4.78, 5) is 11.6. The summed E-state index contributed by atoms with van der Waals surface area (Å²) in [7, 11) is 0. The van der Waals surface area contributed by atoms with Gasteiger partial charge in [0.25, 0.3) is 0 Å². The minimum absolute atomic E-state index is 0.0899. The summed E-state index contributed by atoms with van der Waals surface area (Å²) in [5.41, 5.74) is 0. The van der Waals surface area contributed by atoms with Crippen molar-refractivity contribution >= 4 is 17.5 Å². The number of unbranched alkanes of at least 4 members (excludes halogenated alkanes) is 8. The van der Waals surface area contributed by atoms with E-state index >= 15 is 0 Å². The third-order valence-corrected chi connectivity index (χ3v) is 4.00. The second-order valence-corrected chi connectivity index (χ2v) is 6.39. The molecular formula is C17H34ClNO. The van der Waals surface area contributed by atoms with Gasteiger partial charge in [-0.25, -0.2) is 0 Å². The molecule has 0 saturated carbocycles. The summed E-state index contributed by atoms with van der Waals surface area (Å²) in [6, 6.07) is 0. The van der Waals surface area contributed by atoms with E-state index in [0.717, 1.165) is 19.3 Å². The van der Waals surface area contributed by atoms with E-state index in [1.165, 1.54) is 51.4 Å². The highest BCUT2D eigenvalue weighted by atomic mass is 35.5. The Morgan fingerprint density at radius 1 is 0.900 bits per heavy atom. The predicted octanol–water partition coefficient (Wildman–Crippen LogP) is 5.43. The normalized spacial score (nSPS) is 12.3. The van der Waals surface area contributed by atoms with Gasteiger partial charge in [0.05, 0.1) is 5.38 Å². The lowest BCUT2D eigenvalue weighted by molar-refractivity contribution is -0.121. The average molecular weight is 304 g/mol. The number of rotatable bonds is 14. The van der Waals surface area contributed by atoms with Crippen LogP contribution in [-0.4, -0.2) is 17.8 Å². The van der Waals surface area contributed by atoms with Crippen LogP contribution in [0.4, 0.5) is 0 Å². The number of alkyl halides is 1. The summed E-state index contributed by atoms with van der Waals surface area (Å²) in [5.74, 6) is 0.162. The van der Waals surface area contributed by atoms with Crippen LogP contribution in [-0.2, 0) is 4.79 Å². The van der Waals surface area contributed by atoms with Crippen molar-refractivity contribution in [2.75, 3.05) is 6.54 Å². The Bertz CT molecular complexity index is 221. The molecule has 0 radical (unpaired) electrons. The topological polar surface area (TPSA) is 29.1 Å². The van der Waals surface area contributed by atoms with Gasteiger partial charge in [0, 0.05) is 13.0 Å². The lowest BCUT2D eigenvalue weighted by Crippen LogP contribution is -2.29. The fourth-order valence-corrected chi connectivity index (χ4v) is 2.62. The highest BCUT2D eigenvalue weighted by Gasteiger charge is 2.06. The summed E-state index contributed by atoms with van der Waals surface area (Å²) in [5, 5.41) is 3.01. The average Bonchev–Trinajstić information content (AvgIpc) is 2.43. The number of nitrogens with one attached hydrogen (secondary N) is 1. The first kappa shape index (κ1) is 19.8. The molecule has 0 aliphatic rings. The first-order valence-corrected chi connectivity index (χ1v) is 9.05. The maximum Gasteiger partial charge on any atom is 0.220 e. The molecule has 120 valence electrons. The molecule has 3 heteroatoms. The van der Waals surface area contributed by atoms with Gasteiger partial charge in [0.15, 0.2) is 0 Å². The van der Waals surface area contributed by atoms with Crippen LogP contribution in [0, 0.1) is 0 Å². The Morgan fingerprint density at radius 3 is 2.00 bits per heavy atom. The largest absolute Gasteiger partial charge is 0.355 e. The maximum atomic E-state index is 11.6. The van der Waals surface area contributed by atoms with Gasteiger partial charge >= 0.3 is 0 Å². The number of carbonyl (C=O) groups is 1. The first-order valence-electron chi connectivity index (χ1n) is 8.61. The molecule has 0 saturated heterocycles. The van der Waals surface area contributed by atoms with E-state index in [9.17, 15) is 4.79 Å². The van der Waals surface area contributed by atoms with E-state index in [4.69, 9.17) is 11.6 Å². The highest BCUT2D eigenvalue weighted by molar-refractivity contribution is 6.20. The predicted molar refractivity (Wildman–Crippen MR) is 89.4 cm³/mol. The minimum atomic E-state index is 0.0899. The van der Waals surface area contributed by atoms with Gasteiger partial charge in [-0.05, 0) is 12.8 Å². The SMILES string of the molecule is CCCCCCCCCCCC(=O)NCC(Cl)CCC. The van der Waals surface area contributed by atoms with Crippen molar-refractivity contribution in [2.24, 2.45) is 0 Å². The molecular weight excluding hydrogens is 270 g/mol. The third kappa shape index (κ3) is 14.2. The zero-order valence-corrected chi connectivity index (χ0v) is 14.3. The monoisotopic (exact) mass is 303 g/mol. The molecule has 1 N–H and O–H groups in total. The molecule has 1 amide bonds. The molecule has 0 heterocycles. The van der Waals surface area contributed by atoms with Crippen LogP contribution in [0.2, 0.25) is 0 Å². The third-order valence-electron chi connectivity index (χ3n) is 3.63. The quantitative estimate of drug-likeness (QED) is 0.336. The Kier molecular flexibility index (Phi) is 15.0. The van der Waals surface area contributed by atoms with Crippen molar-refractivity contribution in [3.05, 3.63) is 0 Å². The van der Waals surface area contributed by atoms with E-state index in [0.29, 0.717) is 13.0 Å². The lowest BCUT2D eigenvalue weighted by Gasteiger charge is -2.09. The van der Waals surface area contributed by atoms with E-state index in [-0.39, 0.29) is 11.3 Å². The number of amides is 1. The van der Waals surface area contributed by atoms with Gasteiger partial charge in [0.1, 0.15) is 0 Å². The van der Waals surface area contributed by atoms with Crippen molar-refractivity contribution in [3.63, 3.8) is 0 Å². The van der Waals surface area contributed by atoms with Crippen LogP contribution in [0.5, 0.6) is 0 Å². The van der Waals surface area contributed by atoms with Crippen molar-refractivity contribution in [2.45, 2.75) is 96.3 Å². The molecule has 0 aromatic rings. The molecule has 2 nitrogen and oxygen atoms in total. The Balaban J connectivity index is 3.23. The summed E-state index contributed by atoms with van der Waals surface area (Å²) in [6.45, 7) is 4.98. The van der Waals surface area contributed by atoms with Gasteiger partial charge in [-0.3, -0.25) is 4.79 Å². The van der Waals surface area contributed by atoms with Crippen LogP contribution in [0.3, 0.4) is 0 Å². The van der Waals surface area contributed by atoms with Crippen LogP contribution in [0.15, 0.2) is 0 Å². The van der Waals surface area contributed by atoms with Crippen LogP contribution in [0.1, 0.15) is 90.9 Å². The smallest absolute Gasteiger partial charge is 0.220 e. The van der Waals surface area contributed by atoms with Gasteiger partial charge in [0.2, 0.25) is 5.91 Å². The molecule has 0 aliphatic heterocycles. The molecule has 0 aromatic carbocycles. The summed E-state index contributed by atoms with van der Waals surface area (Å²) < 4.78 is 0. The van der Waals surface area contributed by atoms with Crippen LogP contribution >= 0.6 is 11.6 Å². The second-order valence-electron chi connectivity index (χ2n) is 5.77. The number of halogens is 1. The Labute approximate surface area is 131 Å². The fraction of sp³-hybridized carbons (Fsp3) is 0.941. The van der Waals surface area contributed by atoms with Crippen LogP contribution in [0.25, 0.3) is 0 Å². The molecule has 0 aromatic heterocycles. The molecule has 0 bridgehead atoms. The Morgan fingerprint density at radius 2 is 1.45 bits per heavy atom. The van der Waals surface area contributed by atoms with Gasteiger partial charge in [-0.2, -0.15) is 0 Å². The zero-order valence-electron chi connectivity index (χ0n) is 13.6. The standard InChI is InChI=1S/C17H34ClNO/c1-3-5-6-7-8-9-10-11-12-14-17(20)19-15-16(18)13-4-2/h16H,3-15H2,1-2H3,(H,19,20). The molecule has 1 atom stereocenters. The molecule has 1 unspecified atom stereocenters. The number of carbonyl (C=O) groups excluding carboxylic acids is 1. The fourth-order valence-electron chi connectivity index (χ4n) is 2.32. The molecule has 0 aliphatic carbocycles. The molecule has 0 rings (SSSR count). The van der Waals surface area contributed by atoms with Gasteiger partial charge in [-0.1, -0.05) is 71.6 Å². The second kappa shape index (κ2) is 15.2. The first-order chi connectivity index (χ1) is 9.70. The van der Waals surface area contributed by atoms with E-state index in [2.05, 4.69) is 19.2 Å². The van der Waals surface area contributed by atoms with Crippen molar-refractivity contribution in [1.82, 2.24) is 5.32 Å².